The molecule has 106 valence electrons. The van der Waals surface area contributed by atoms with E-state index < -0.39 is 0 Å². The van der Waals surface area contributed by atoms with Crippen molar-refractivity contribution in [3.05, 3.63) is 60.4 Å². The van der Waals surface area contributed by atoms with Crippen molar-refractivity contribution in [1.82, 2.24) is 24.5 Å². The molecule has 2 aromatic heterocycles. The second kappa shape index (κ2) is 5.68. The van der Waals surface area contributed by atoms with Gasteiger partial charge in [0.05, 0.1) is 18.2 Å². The van der Waals surface area contributed by atoms with Gasteiger partial charge in [-0.3, -0.25) is 4.79 Å². The number of nitrogens with zero attached hydrogens (tertiary/aromatic N) is 5. The van der Waals surface area contributed by atoms with Crippen molar-refractivity contribution in [2.45, 2.75) is 6.54 Å². The van der Waals surface area contributed by atoms with E-state index in [0.717, 1.165) is 5.69 Å². The van der Waals surface area contributed by atoms with Gasteiger partial charge in [0.1, 0.15) is 11.4 Å². The maximum Gasteiger partial charge on any atom is 0.233 e. The first kappa shape index (κ1) is 13.2. The van der Waals surface area contributed by atoms with E-state index in [1.165, 1.54) is 10.9 Å². The Morgan fingerprint density at radius 3 is 2.81 bits per heavy atom. The fourth-order valence-corrected chi connectivity index (χ4v) is 2.03. The molecule has 1 aromatic carbocycles. The zero-order chi connectivity index (χ0) is 14.7. The minimum atomic E-state index is -0.223. The number of ketones is 1. The third-order valence-electron chi connectivity index (χ3n) is 3.04. The van der Waals surface area contributed by atoms with Crippen LogP contribution in [0, 0.1) is 0 Å². The summed E-state index contributed by atoms with van der Waals surface area (Å²) in [6.07, 6.45) is 4.71. The maximum atomic E-state index is 12.5. The molecule has 7 heteroatoms. The molecule has 0 atom stereocenters. The number of hydrogen-bond donors (Lipinski definition) is 1. The smallest absolute Gasteiger partial charge is 0.233 e. The number of carbonyl (C=O) groups excluding carboxylic acids is 1. The summed E-state index contributed by atoms with van der Waals surface area (Å²) in [6, 6.07) is 9.37. The predicted molar refractivity (Wildman–Crippen MR) is 76.1 cm³/mol. The summed E-state index contributed by atoms with van der Waals surface area (Å²) in [5.74, 6) is -0.223. The molecule has 0 saturated heterocycles. The van der Waals surface area contributed by atoms with Crippen molar-refractivity contribution < 1.29 is 4.79 Å². The van der Waals surface area contributed by atoms with Crippen molar-refractivity contribution in [2.75, 3.05) is 6.54 Å². The molecular weight excluding hydrogens is 268 g/mol. The van der Waals surface area contributed by atoms with E-state index in [4.69, 9.17) is 5.73 Å². The highest BCUT2D eigenvalue weighted by Gasteiger charge is 2.18. The van der Waals surface area contributed by atoms with Gasteiger partial charge in [-0.15, -0.1) is 5.10 Å². The van der Waals surface area contributed by atoms with Gasteiger partial charge < -0.3 is 10.3 Å². The number of nitrogens with two attached hydrogens (primary N) is 1. The van der Waals surface area contributed by atoms with Crippen LogP contribution >= 0.6 is 0 Å². The highest BCUT2D eigenvalue weighted by molar-refractivity contribution is 6.06. The molecule has 0 aliphatic heterocycles. The van der Waals surface area contributed by atoms with Gasteiger partial charge in [-0.2, -0.15) is 0 Å². The standard InChI is InChI=1S/C14H14N6O/c15-6-7-19-9-12(16-10-19)14(21)13-8-17-18-20(13)11-4-2-1-3-5-11/h1-5,8-10H,6-7,15H2. The highest BCUT2D eigenvalue weighted by atomic mass is 16.1. The predicted octanol–water partition coefficient (Wildman–Crippen LogP) is 0.653. The molecule has 0 aliphatic carbocycles. The highest BCUT2D eigenvalue weighted by Crippen LogP contribution is 2.12. The molecule has 21 heavy (non-hydrogen) atoms. The van der Waals surface area contributed by atoms with E-state index >= 15 is 0 Å². The van der Waals surface area contributed by atoms with E-state index in [-0.39, 0.29) is 5.78 Å². The number of para-hydroxylation sites is 1. The van der Waals surface area contributed by atoms with Crippen LogP contribution in [0.5, 0.6) is 0 Å². The van der Waals surface area contributed by atoms with Crippen molar-refractivity contribution in [1.29, 1.82) is 0 Å². The first-order valence-corrected chi connectivity index (χ1v) is 6.52. The van der Waals surface area contributed by atoms with Gasteiger partial charge in [0.15, 0.2) is 0 Å². The Hall–Kier alpha value is -2.80. The molecule has 7 nitrogen and oxygen atoms in total. The van der Waals surface area contributed by atoms with Gasteiger partial charge in [0, 0.05) is 19.3 Å². The van der Waals surface area contributed by atoms with Crippen LogP contribution in [-0.4, -0.2) is 36.9 Å². The Morgan fingerprint density at radius 1 is 1.24 bits per heavy atom. The average Bonchev–Trinajstić information content (AvgIpc) is 3.17. The summed E-state index contributed by atoms with van der Waals surface area (Å²) in [6.45, 7) is 1.12. The molecule has 0 amide bonds. The van der Waals surface area contributed by atoms with Crippen LogP contribution in [0.25, 0.3) is 5.69 Å². The second-order valence-electron chi connectivity index (χ2n) is 4.48. The zero-order valence-electron chi connectivity index (χ0n) is 11.3. The van der Waals surface area contributed by atoms with Crippen LogP contribution in [0.3, 0.4) is 0 Å². The van der Waals surface area contributed by atoms with Crippen LogP contribution in [0.1, 0.15) is 16.2 Å². The number of rotatable bonds is 5. The molecule has 2 N–H and O–H groups in total. The fourth-order valence-electron chi connectivity index (χ4n) is 2.03. The number of imidazole rings is 1. The van der Waals surface area contributed by atoms with Crippen molar-refractivity contribution in [2.24, 2.45) is 5.73 Å². The van der Waals surface area contributed by atoms with E-state index in [1.54, 1.807) is 17.1 Å². The van der Waals surface area contributed by atoms with Crippen LogP contribution < -0.4 is 5.73 Å². The first-order valence-electron chi connectivity index (χ1n) is 6.52. The largest absolute Gasteiger partial charge is 0.335 e. The number of aromatic nitrogens is 5. The van der Waals surface area contributed by atoms with Gasteiger partial charge in [0.25, 0.3) is 0 Å². The molecule has 0 saturated carbocycles. The van der Waals surface area contributed by atoms with Crippen LogP contribution in [0.15, 0.2) is 49.1 Å². The fraction of sp³-hybridized carbons (Fsp3) is 0.143. The second-order valence-corrected chi connectivity index (χ2v) is 4.48. The van der Waals surface area contributed by atoms with Gasteiger partial charge in [-0.25, -0.2) is 9.67 Å². The SMILES string of the molecule is NCCn1cnc(C(=O)c2cnnn2-c2ccccc2)c1. The molecule has 0 unspecified atom stereocenters. The zero-order valence-corrected chi connectivity index (χ0v) is 11.3. The first-order chi connectivity index (χ1) is 10.3. The van der Waals surface area contributed by atoms with E-state index in [0.29, 0.717) is 24.5 Å². The van der Waals surface area contributed by atoms with Crippen molar-refractivity contribution in [3.8, 4) is 5.69 Å². The lowest BCUT2D eigenvalue weighted by Crippen LogP contribution is -2.11. The Labute approximate surface area is 121 Å². The topological polar surface area (TPSA) is 91.6 Å². The number of benzene rings is 1. The number of hydrogen-bond acceptors (Lipinski definition) is 5. The molecule has 0 fully saturated rings. The van der Waals surface area contributed by atoms with E-state index in [1.807, 2.05) is 30.3 Å². The molecule has 0 radical (unpaired) electrons. The lowest BCUT2D eigenvalue weighted by molar-refractivity contribution is 0.102. The quantitative estimate of drug-likeness (QED) is 0.694. The third kappa shape index (κ3) is 2.59. The summed E-state index contributed by atoms with van der Waals surface area (Å²) in [7, 11) is 0. The summed E-state index contributed by atoms with van der Waals surface area (Å²) in [5.41, 5.74) is 6.98. The Bertz CT molecular complexity index is 746. The van der Waals surface area contributed by atoms with E-state index in [2.05, 4.69) is 15.3 Å². The third-order valence-corrected chi connectivity index (χ3v) is 3.04. The molecular formula is C14H14N6O. The van der Waals surface area contributed by atoms with Crippen molar-refractivity contribution >= 4 is 5.78 Å². The average molecular weight is 282 g/mol. The molecule has 3 aromatic rings. The van der Waals surface area contributed by atoms with Crippen LogP contribution in [-0.2, 0) is 6.54 Å². The minimum Gasteiger partial charge on any atom is -0.335 e. The molecule has 2 heterocycles. The summed E-state index contributed by atoms with van der Waals surface area (Å²) < 4.78 is 3.29. The normalized spacial score (nSPS) is 10.7. The van der Waals surface area contributed by atoms with E-state index in [9.17, 15) is 4.79 Å². The lowest BCUT2D eigenvalue weighted by Gasteiger charge is -2.03. The molecule has 0 aliphatic rings. The van der Waals surface area contributed by atoms with Gasteiger partial charge >= 0.3 is 0 Å². The summed E-state index contributed by atoms with van der Waals surface area (Å²) in [5, 5.41) is 7.79. The lowest BCUT2D eigenvalue weighted by atomic mass is 10.2. The van der Waals surface area contributed by atoms with Gasteiger partial charge in [0.2, 0.25) is 5.78 Å². The Balaban J connectivity index is 1.94. The van der Waals surface area contributed by atoms with Crippen molar-refractivity contribution in [3.63, 3.8) is 0 Å². The maximum absolute atomic E-state index is 12.5. The summed E-state index contributed by atoms with van der Waals surface area (Å²) >= 11 is 0. The van der Waals surface area contributed by atoms with Gasteiger partial charge in [-0.05, 0) is 12.1 Å². The minimum absolute atomic E-state index is 0.223. The molecule has 0 bridgehead atoms. The Kier molecular flexibility index (Phi) is 3.57. The molecule has 0 spiro atoms. The monoisotopic (exact) mass is 282 g/mol. The van der Waals surface area contributed by atoms with Crippen LogP contribution in [0.4, 0.5) is 0 Å². The van der Waals surface area contributed by atoms with Crippen LogP contribution in [0.2, 0.25) is 0 Å². The molecule has 3 rings (SSSR count). The van der Waals surface area contributed by atoms with Gasteiger partial charge in [-0.1, -0.05) is 23.4 Å². The Morgan fingerprint density at radius 2 is 2.05 bits per heavy atom. The number of carbonyl (C=O) groups is 1. The summed E-state index contributed by atoms with van der Waals surface area (Å²) in [4.78, 5) is 16.6.